The number of aliphatic carboxylic acids is 1. The molecule has 3 rings (SSSR count). The van der Waals surface area contributed by atoms with Crippen LogP contribution in [-0.4, -0.2) is 22.0 Å². The molecule has 0 aliphatic heterocycles. The average Bonchev–Trinajstić information content (AvgIpc) is 2.84. The maximum Gasteiger partial charge on any atom is 0.196 e. The van der Waals surface area contributed by atoms with Crippen LogP contribution in [0.1, 0.15) is 13.3 Å². The van der Waals surface area contributed by atoms with E-state index < -0.39 is 12.0 Å². The summed E-state index contributed by atoms with van der Waals surface area (Å²) in [6.07, 6.45) is 1.77. The molecule has 1 atom stereocenters. The van der Waals surface area contributed by atoms with Crippen LogP contribution in [-0.2, 0) is 4.79 Å². The lowest BCUT2D eigenvalue weighted by atomic mass is 10.2. The summed E-state index contributed by atoms with van der Waals surface area (Å²) in [6, 6.07) is 6.66. The fourth-order valence-corrected chi connectivity index (χ4v) is 2.12. The van der Waals surface area contributed by atoms with Gasteiger partial charge in [-0.3, -0.25) is 0 Å². The van der Waals surface area contributed by atoms with Gasteiger partial charge in [0.15, 0.2) is 11.4 Å². The highest BCUT2D eigenvalue weighted by Gasteiger charge is 2.15. The molecule has 2 heterocycles. The molecule has 3 aromatic rings. The molecule has 102 valence electrons. The Morgan fingerprint density at radius 2 is 2.20 bits per heavy atom. The van der Waals surface area contributed by atoms with Gasteiger partial charge in [-0.15, -0.1) is 0 Å². The van der Waals surface area contributed by atoms with Crippen LogP contribution in [0.2, 0.25) is 0 Å². The van der Waals surface area contributed by atoms with Gasteiger partial charge < -0.3 is 19.6 Å². The normalized spacial score (nSPS) is 12.7. The van der Waals surface area contributed by atoms with Crippen LogP contribution < -0.4 is 10.4 Å². The molecule has 0 spiro atoms. The second-order valence-corrected chi connectivity index (χ2v) is 4.42. The number of fused-ring (bicyclic) bond motifs is 3. The Hall–Kier alpha value is -2.63. The van der Waals surface area contributed by atoms with Gasteiger partial charge >= 0.3 is 0 Å². The monoisotopic (exact) mass is 270 g/mol. The second kappa shape index (κ2) is 4.80. The number of rotatable bonds is 4. The number of carboxylic acid groups (broad SMARTS) is 1. The number of nitrogens with one attached hydrogen (secondary N) is 1. The lowest BCUT2D eigenvalue weighted by molar-refractivity contribution is -0.306. The van der Waals surface area contributed by atoms with Crippen molar-refractivity contribution in [2.24, 2.45) is 0 Å². The van der Waals surface area contributed by atoms with Gasteiger partial charge in [-0.05, 0) is 18.6 Å². The SMILES string of the molecule is CC[C@@H](Nc1ncnc2c1oc1ccccc12)C(=O)[O-]. The summed E-state index contributed by atoms with van der Waals surface area (Å²) >= 11 is 0. The van der Waals surface area contributed by atoms with Crippen LogP contribution in [0.4, 0.5) is 5.82 Å². The predicted octanol–water partition coefficient (Wildman–Crippen LogP) is 1.32. The summed E-state index contributed by atoms with van der Waals surface area (Å²) in [7, 11) is 0. The number of hydrogen-bond acceptors (Lipinski definition) is 6. The molecule has 6 nitrogen and oxygen atoms in total. The number of benzene rings is 1. The maximum atomic E-state index is 11.0. The van der Waals surface area contributed by atoms with E-state index in [4.69, 9.17) is 4.42 Å². The average molecular weight is 270 g/mol. The van der Waals surface area contributed by atoms with E-state index in [9.17, 15) is 9.90 Å². The molecule has 0 bridgehead atoms. The minimum Gasteiger partial charge on any atom is -0.548 e. The molecule has 2 aromatic heterocycles. The molecular formula is C14H12N3O3-. The number of carboxylic acids is 1. The third-order valence-electron chi connectivity index (χ3n) is 3.16. The Labute approximate surface area is 114 Å². The maximum absolute atomic E-state index is 11.0. The quantitative estimate of drug-likeness (QED) is 0.768. The van der Waals surface area contributed by atoms with Gasteiger partial charge in [-0.1, -0.05) is 19.1 Å². The molecule has 0 aliphatic carbocycles. The molecule has 0 unspecified atom stereocenters. The number of carbonyl (C=O) groups excluding carboxylic acids is 1. The van der Waals surface area contributed by atoms with Crippen LogP contribution in [0.3, 0.4) is 0 Å². The molecule has 20 heavy (non-hydrogen) atoms. The van der Waals surface area contributed by atoms with Crippen molar-refractivity contribution in [3.63, 3.8) is 0 Å². The number of nitrogens with zero attached hydrogens (tertiary/aromatic N) is 2. The van der Waals surface area contributed by atoms with Crippen molar-refractivity contribution < 1.29 is 14.3 Å². The van der Waals surface area contributed by atoms with E-state index in [1.54, 1.807) is 6.92 Å². The predicted molar refractivity (Wildman–Crippen MR) is 72.0 cm³/mol. The van der Waals surface area contributed by atoms with E-state index in [0.29, 0.717) is 28.9 Å². The Kier molecular flexibility index (Phi) is 2.98. The zero-order chi connectivity index (χ0) is 14.1. The van der Waals surface area contributed by atoms with E-state index in [2.05, 4.69) is 15.3 Å². The van der Waals surface area contributed by atoms with Crippen molar-refractivity contribution in [3.8, 4) is 0 Å². The Balaban J connectivity index is 2.14. The van der Waals surface area contributed by atoms with Crippen molar-refractivity contribution in [2.45, 2.75) is 19.4 Å². The first-order chi connectivity index (χ1) is 9.70. The third-order valence-corrected chi connectivity index (χ3v) is 3.16. The van der Waals surface area contributed by atoms with E-state index in [0.717, 1.165) is 5.39 Å². The number of aromatic nitrogens is 2. The number of furan rings is 1. The first kappa shape index (κ1) is 12.4. The molecule has 0 amide bonds. The van der Waals surface area contributed by atoms with Gasteiger partial charge in [0.25, 0.3) is 0 Å². The fourth-order valence-electron chi connectivity index (χ4n) is 2.12. The zero-order valence-corrected chi connectivity index (χ0v) is 10.8. The molecular weight excluding hydrogens is 258 g/mol. The first-order valence-electron chi connectivity index (χ1n) is 6.30. The molecule has 1 aromatic carbocycles. The summed E-state index contributed by atoms with van der Waals surface area (Å²) in [4.78, 5) is 19.3. The Bertz CT molecular complexity index is 782. The number of carbonyl (C=O) groups is 1. The number of para-hydroxylation sites is 1. The largest absolute Gasteiger partial charge is 0.548 e. The van der Waals surface area contributed by atoms with Crippen molar-refractivity contribution in [1.82, 2.24) is 9.97 Å². The minimum atomic E-state index is -1.17. The van der Waals surface area contributed by atoms with Gasteiger partial charge in [0.2, 0.25) is 0 Å². The van der Waals surface area contributed by atoms with Crippen LogP contribution in [0.25, 0.3) is 22.1 Å². The highest BCUT2D eigenvalue weighted by atomic mass is 16.4. The van der Waals surface area contributed by atoms with E-state index in [1.165, 1.54) is 6.33 Å². The van der Waals surface area contributed by atoms with Gasteiger partial charge in [0, 0.05) is 5.39 Å². The van der Waals surface area contributed by atoms with Crippen molar-refractivity contribution in [3.05, 3.63) is 30.6 Å². The highest BCUT2D eigenvalue weighted by molar-refractivity contribution is 6.05. The molecule has 0 aliphatic rings. The van der Waals surface area contributed by atoms with Gasteiger partial charge in [-0.2, -0.15) is 0 Å². The van der Waals surface area contributed by atoms with Crippen molar-refractivity contribution in [1.29, 1.82) is 0 Å². The molecule has 0 saturated carbocycles. The Morgan fingerprint density at radius 3 is 2.95 bits per heavy atom. The Morgan fingerprint density at radius 1 is 1.40 bits per heavy atom. The van der Waals surface area contributed by atoms with Crippen LogP contribution in [0.15, 0.2) is 35.0 Å². The lowest BCUT2D eigenvalue weighted by Crippen LogP contribution is -2.40. The summed E-state index contributed by atoms with van der Waals surface area (Å²) in [6.45, 7) is 1.75. The smallest absolute Gasteiger partial charge is 0.196 e. The number of anilines is 1. The fraction of sp³-hybridized carbons (Fsp3) is 0.214. The summed E-state index contributed by atoms with van der Waals surface area (Å²) in [5, 5.41) is 14.7. The van der Waals surface area contributed by atoms with Crippen molar-refractivity contribution in [2.75, 3.05) is 5.32 Å². The van der Waals surface area contributed by atoms with Crippen LogP contribution in [0.5, 0.6) is 0 Å². The minimum absolute atomic E-state index is 0.363. The molecule has 0 radical (unpaired) electrons. The van der Waals surface area contributed by atoms with Gasteiger partial charge in [-0.25, -0.2) is 9.97 Å². The van der Waals surface area contributed by atoms with Crippen molar-refractivity contribution >= 4 is 33.9 Å². The summed E-state index contributed by atoms with van der Waals surface area (Å²) < 4.78 is 5.71. The third kappa shape index (κ3) is 1.95. The van der Waals surface area contributed by atoms with Crippen LogP contribution in [0, 0.1) is 0 Å². The van der Waals surface area contributed by atoms with Gasteiger partial charge in [0.05, 0.1) is 12.0 Å². The highest BCUT2D eigenvalue weighted by Crippen LogP contribution is 2.30. The van der Waals surface area contributed by atoms with E-state index in [1.807, 2.05) is 24.3 Å². The van der Waals surface area contributed by atoms with Gasteiger partial charge in [0.1, 0.15) is 17.4 Å². The lowest BCUT2D eigenvalue weighted by Gasteiger charge is -2.17. The number of hydrogen-bond donors (Lipinski definition) is 1. The first-order valence-corrected chi connectivity index (χ1v) is 6.30. The standard InChI is InChI=1S/C14H13N3O3/c1-2-9(14(18)19)17-13-12-11(15-7-16-13)8-5-3-4-6-10(8)20-12/h3-7,9H,2H2,1H3,(H,18,19)(H,15,16,17)/p-1/t9-/m1/s1. The van der Waals surface area contributed by atoms with Crippen LogP contribution >= 0.6 is 0 Å². The second-order valence-electron chi connectivity index (χ2n) is 4.42. The summed E-state index contributed by atoms with van der Waals surface area (Å²) in [5.41, 5.74) is 1.80. The van der Waals surface area contributed by atoms with E-state index >= 15 is 0 Å². The molecule has 6 heteroatoms. The molecule has 0 fully saturated rings. The zero-order valence-electron chi connectivity index (χ0n) is 10.8. The summed E-state index contributed by atoms with van der Waals surface area (Å²) in [5.74, 6) is -0.808. The molecule has 1 N–H and O–H groups in total. The topological polar surface area (TPSA) is 91.1 Å². The van der Waals surface area contributed by atoms with E-state index in [-0.39, 0.29) is 0 Å². The molecule has 0 saturated heterocycles.